The molecule has 1 N–H and O–H groups in total. The molecule has 0 aromatic heterocycles. The van der Waals surface area contributed by atoms with Crippen molar-refractivity contribution in [2.75, 3.05) is 6.61 Å². The van der Waals surface area contributed by atoms with Crippen LogP contribution in [0.15, 0.2) is 23.8 Å². The Morgan fingerprint density at radius 2 is 2.21 bits per heavy atom. The molecule has 1 heterocycles. The van der Waals surface area contributed by atoms with Crippen LogP contribution in [0.2, 0.25) is 0 Å². The highest BCUT2D eigenvalue weighted by molar-refractivity contribution is 5.11. The predicted octanol–water partition coefficient (Wildman–Crippen LogP) is 2.44. The standard InChI is InChI=1S/C12H20O2/c1-10(2)6-4-8-12(3)11(14-12)7-5-9-13/h5-7,11,13H,4,8-9H2,1-3H3/b7-5+/t11-,12-/m0/s1. The predicted molar refractivity (Wildman–Crippen MR) is 58.2 cm³/mol. The molecule has 0 aromatic carbocycles. The van der Waals surface area contributed by atoms with E-state index in [2.05, 4.69) is 26.8 Å². The van der Waals surface area contributed by atoms with Gasteiger partial charge in [0.1, 0.15) is 6.10 Å². The van der Waals surface area contributed by atoms with Crippen LogP contribution in [0.3, 0.4) is 0 Å². The van der Waals surface area contributed by atoms with Gasteiger partial charge in [0.25, 0.3) is 0 Å². The van der Waals surface area contributed by atoms with Gasteiger partial charge in [-0.2, -0.15) is 0 Å². The zero-order valence-electron chi connectivity index (χ0n) is 9.29. The molecule has 0 unspecified atom stereocenters. The maximum Gasteiger partial charge on any atom is 0.105 e. The second kappa shape index (κ2) is 4.76. The van der Waals surface area contributed by atoms with Crippen molar-refractivity contribution in [3.05, 3.63) is 23.8 Å². The summed E-state index contributed by atoms with van der Waals surface area (Å²) in [5.41, 5.74) is 1.37. The van der Waals surface area contributed by atoms with Crippen molar-refractivity contribution < 1.29 is 9.84 Å². The first-order valence-electron chi connectivity index (χ1n) is 5.17. The van der Waals surface area contributed by atoms with Crippen LogP contribution < -0.4 is 0 Å². The molecule has 2 nitrogen and oxygen atoms in total. The van der Waals surface area contributed by atoms with Gasteiger partial charge in [0.2, 0.25) is 0 Å². The third-order valence-electron chi connectivity index (χ3n) is 2.55. The fourth-order valence-electron chi connectivity index (χ4n) is 1.53. The van der Waals surface area contributed by atoms with E-state index in [-0.39, 0.29) is 18.3 Å². The summed E-state index contributed by atoms with van der Waals surface area (Å²) in [6, 6.07) is 0. The Morgan fingerprint density at radius 1 is 1.50 bits per heavy atom. The maximum atomic E-state index is 8.61. The largest absolute Gasteiger partial charge is 0.392 e. The molecule has 1 saturated heterocycles. The van der Waals surface area contributed by atoms with Crippen LogP contribution in [0, 0.1) is 0 Å². The Kier molecular flexibility index (Phi) is 3.90. The molecule has 1 aliphatic heterocycles. The monoisotopic (exact) mass is 196 g/mol. The molecule has 0 spiro atoms. The van der Waals surface area contributed by atoms with E-state index in [1.807, 2.05) is 6.08 Å². The van der Waals surface area contributed by atoms with E-state index in [9.17, 15) is 0 Å². The zero-order valence-corrected chi connectivity index (χ0v) is 9.29. The Bertz CT molecular complexity index is 239. The Labute approximate surface area is 86.3 Å². The molecule has 0 radical (unpaired) electrons. The average molecular weight is 196 g/mol. The Morgan fingerprint density at radius 3 is 2.79 bits per heavy atom. The van der Waals surface area contributed by atoms with Crippen molar-refractivity contribution in [1.29, 1.82) is 0 Å². The quantitative estimate of drug-likeness (QED) is 0.541. The molecule has 2 heteroatoms. The first-order valence-corrected chi connectivity index (χ1v) is 5.17. The maximum absolute atomic E-state index is 8.61. The van der Waals surface area contributed by atoms with Gasteiger partial charge in [-0.3, -0.25) is 0 Å². The summed E-state index contributed by atoms with van der Waals surface area (Å²) in [7, 11) is 0. The SMILES string of the molecule is CC(C)=CCC[C@]1(C)O[C@H]1/C=C/CO. The van der Waals surface area contributed by atoms with Gasteiger partial charge in [-0.05, 0) is 33.6 Å². The van der Waals surface area contributed by atoms with Gasteiger partial charge < -0.3 is 9.84 Å². The minimum Gasteiger partial charge on any atom is -0.392 e. The lowest BCUT2D eigenvalue weighted by Gasteiger charge is -2.02. The van der Waals surface area contributed by atoms with Gasteiger partial charge in [-0.1, -0.05) is 23.8 Å². The molecule has 0 aliphatic carbocycles. The van der Waals surface area contributed by atoms with Gasteiger partial charge >= 0.3 is 0 Å². The minimum absolute atomic E-state index is 0.0115. The highest BCUT2D eigenvalue weighted by Crippen LogP contribution is 2.41. The normalized spacial score (nSPS) is 30.7. The highest BCUT2D eigenvalue weighted by atomic mass is 16.6. The molecule has 14 heavy (non-hydrogen) atoms. The summed E-state index contributed by atoms with van der Waals surface area (Å²) < 4.78 is 5.56. The molecule has 2 atom stereocenters. The number of aliphatic hydroxyl groups excluding tert-OH is 1. The van der Waals surface area contributed by atoms with Crippen LogP contribution in [-0.2, 0) is 4.74 Å². The molecular formula is C12H20O2. The molecule has 1 rings (SSSR count). The molecule has 0 bridgehead atoms. The van der Waals surface area contributed by atoms with Crippen molar-refractivity contribution in [2.24, 2.45) is 0 Å². The molecule has 1 fully saturated rings. The van der Waals surface area contributed by atoms with Crippen LogP contribution in [0.5, 0.6) is 0 Å². The van der Waals surface area contributed by atoms with Crippen molar-refractivity contribution in [3.63, 3.8) is 0 Å². The van der Waals surface area contributed by atoms with Crippen molar-refractivity contribution in [2.45, 2.75) is 45.3 Å². The van der Waals surface area contributed by atoms with E-state index >= 15 is 0 Å². The number of hydrogen-bond acceptors (Lipinski definition) is 2. The van der Waals surface area contributed by atoms with E-state index in [4.69, 9.17) is 9.84 Å². The van der Waals surface area contributed by atoms with Crippen LogP contribution in [-0.4, -0.2) is 23.4 Å². The summed E-state index contributed by atoms with van der Waals surface area (Å²) in [5, 5.41) is 8.61. The highest BCUT2D eigenvalue weighted by Gasteiger charge is 2.49. The second-order valence-corrected chi connectivity index (χ2v) is 4.28. The zero-order chi connectivity index (χ0) is 10.6. The topological polar surface area (TPSA) is 32.8 Å². The van der Waals surface area contributed by atoms with Gasteiger partial charge in [-0.25, -0.2) is 0 Å². The number of allylic oxidation sites excluding steroid dienone is 2. The third-order valence-corrected chi connectivity index (χ3v) is 2.55. The van der Waals surface area contributed by atoms with Gasteiger partial charge in [0.05, 0.1) is 12.2 Å². The number of rotatable bonds is 5. The average Bonchev–Trinajstić information content (AvgIpc) is 2.73. The van der Waals surface area contributed by atoms with Crippen molar-refractivity contribution in [1.82, 2.24) is 0 Å². The van der Waals surface area contributed by atoms with E-state index in [1.165, 1.54) is 5.57 Å². The van der Waals surface area contributed by atoms with E-state index in [0.29, 0.717) is 0 Å². The first kappa shape index (κ1) is 11.5. The molecule has 0 amide bonds. The van der Waals surface area contributed by atoms with E-state index in [0.717, 1.165) is 12.8 Å². The lowest BCUT2D eigenvalue weighted by atomic mass is 10.0. The lowest BCUT2D eigenvalue weighted by molar-refractivity contribution is 0.303. The molecular weight excluding hydrogens is 176 g/mol. The second-order valence-electron chi connectivity index (χ2n) is 4.28. The molecule has 1 aliphatic rings. The molecule has 0 saturated carbocycles. The minimum atomic E-state index is 0.0115. The van der Waals surface area contributed by atoms with Crippen molar-refractivity contribution in [3.8, 4) is 0 Å². The van der Waals surface area contributed by atoms with Crippen molar-refractivity contribution >= 4 is 0 Å². The first-order chi connectivity index (χ1) is 6.58. The summed E-state index contributed by atoms with van der Waals surface area (Å²) in [6.07, 6.45) is 8.26. The fraction of sp³-hybridized carbons (Fsp3) is 0.667. The Hall–Kier alpha value is -0.600. The summed E-state index contributed by atoms with van der Waals surface area (Å²) in [5.74, 6) is 0. The van der Waals surface area contributed by atoms with Gasteiger partial charge in [0, 0.05) is 0 Å². The Balaban J connectivity index is 2.26. The van der Waals surface area contributed by atoms with E-state index in [1.54, 1.807) is 6.08 Å². The lowest BCUT2D eigenvalue weighted by Crippen LogP contribution is -2.07. The van der Waals surface area contributed by atoms with Crippen LogP contribution in [0.4, 0.5) is 0 Å². The van der Waals surface area contributed by atoms with Crippen LogP contribution in [0.1, 0.15) is 33.6 Å². The molecule has 80 valence electrons. The summed E-state index contributed by atoms with van der Waals surface area (Å²) in [4.78, 5) is 0. The van der Waals surface area contributed by atoms with E-state index < -0.39 is 0 Å². The van der Waals surface area contributed by atoms with Crippen LogP contribution in [0.25, 0.3) is 0 Å². The third kappa shape index (κ3) is 3.28. The fourth-order valence-corrected chi connectivity index (χ4v) is 1.53. The molecule has 0 aromatic rings. The number of aliphatic hydroxyl groups is 1. The summed E-state index contributed by atoms with van der Waals surface area (Å²) >= 11 is 0. The number of epoxide rings is 1. The van der Waals surface area contributed by atoms with Gasteiger partial charge in [-0.15, -0.1) is 0 Å². The number of hydrogen-bond donors (Lipinski definition) is 1. The van der Waals surface area contributed by atoms with Gasteiger partial charge in [0.15, 0.2) is 0 Å². The smallest absolute Gasteiger partial charge is 0.105 e. The number of ether oxygens (including phenoxy) is 1. The summed E-state index contributed by atoms with van der Waals surface area (Å²) in [6.45, 7) is 6.45. The van der Waals surface area contributed by atoms with Crippen LogP contribution >= 0.6 is 0 Å².